The van der Waals surface area contributed by atoms with Crippen molar-refractivity contribution in [3.8, 4) is 11.1 Å². The number of halogens is 6. The summed E-state index contributed by atoms with van der Waals surface area (Å²) in [5.74, 6) is -6.75. The Morgan fingerprint density at radius 2 is 1.68 bits per heavy atom. The van der Waals surface area contributed by atoms with E-state index in [1.165, 1.54) is 30.3 Å². The molecule has 28 heavy (non-hydrogen) atoms. The number of fused-ring (bicyclic) bond motifs is 1. The van der Waals surface area contributed by atoms with E-state index in [2.05, 4.69) is 9.72 Å². The van der Waals surface area contributed by atoms with Gasteiger partial charge >= 0.3 is 18.1 Å². The van der Waals surface area contributed by atoms with Gasteiger partial charge in [0.05, 0.1) is 18.2 Å². The van der Waals surface area contributed by atoms with Crippen LogP contribution in [-0.2, 0) is 10.7 Å². The van der Waals surface area contributed by atoms with Crippen LogP contribution >= 0.6 is 11.6 Å². The molecule has 2 aromatic carbocycles. The molecule has 3 aromatic rings. The minimum Gasteiger partial charge on any atom is -0.465 e. The second kappa shape index (κ2) is 7.01. The van der Waals surface area contributed by atoms with E-state index in [-0.39, 0.29) is 27.1 Å². The van der Waals surface area contributed by atoms with E-state index in [0.29, 0.717) is 0 Å². The van der Waals surface area contributed by atoms with Gasteiger partial charge < -0.3 is 4.74 Å². The molecule has 0 unspecified atom stereocenters. The number of benzene rings is 2. The summed E-state index contributed by atoms with van der Waals surface area (Å²) in [4.78, 5) is 15.8. The zero-order valence-corrected chi connectivity index (χ0v) is 14.9. The quantitative estimate of drug-likeness (QED) is 0.389. The number of esters is 1. The van der Waals surface area contributed by atoms with Gasteiger partial charge in [0.15, 0.2) is 0 Å². The van der Waals surface area contributed by atoms with Gasteiger partial charge in [-0.3, -0.25) is 0 Å². The van der Waals surface area contributed by atoms with Crippen LogP contribution in [0.25, 0.3) is 22.0 Å². The molecule has 9 heteroatoms. The highest BCUT2D eigenvalue weighted by Gasteiger charge is 2.61. The highest BCUT2D eigenvalue weighted by Crippen LogP contribution is 2.47. The lowest BCUT2D eigenvalue weighted by atomic mass is 9.92. The van der Waals surface area contributed by atoms with Crippen molar-refractivity contribution in [3.05, 3.63) is 64.8 Å². The minimum atomic E-state index is -5.96. The van der Waals surface area contributed by atoms with Gasteiger partial charge in [-0.1, -0.05) is 41.9 Å². The van der Waals surface area contributed by atoms with Crippen molar-refractivity contribution >= 4 is 28.5 Å². The third-order valence-electron chi connectivity index (χ3n) is 4.05. The van der Waals surface area contributed by atoms with Crippen molar-refractivity contribution in [1.29, 1.82) is 0 Å². The first kappa shape index (κ1) is 20.0. The highest BCUT2D eigenvalue weighted by molar-refractivity contribution is 6.31. The molecule has 0 fully saturated rings. The fourth-order valence-electron chi connectivity index (χ4n) is 2.80. The molecular formula is C19H11ClF5NO2. The van der Waals surface area contributed by atoms with Crippen LogP contribution in [0.5, 0.6) is 0 Å². The van der Waals surface area contributed by atoms with Crippen molar-refractivity contribution < 1.29 is 31.5 Å². The SMILES string of the molecule is COC(=O)c1c(C(F)(F)C(F)(F)F)nc2ccc(Cl)cc2c1-c1ccccc1. The Kier molecular flexibility index (Phi) is 5.01. The fourth-order valence-corrected chi connectivity index (χ4v) is 2.97. The van der Waals surface area contributed by atoms with Gasteiger partial charge in [-0.15, -0.1) is 0 Å². The molecule has 0 bridgehead atoms. The third kappa shape index (κ3) is 3.28. The number of hydrogen-bond donors (Lipinski definition) is 0. The van der Waals surface area contributed by atoms with E-state index >= 15 is 0 Å². The molecule has 0 aliphatic carbocycles. The smallest absolute Gasteiger partial charge is 0.459 e. The molecule has 1 heterocycles. The van der Waals surface area contributed by atoms with Gasteiger partial charge in [0.2, 0.25) is 0 Å². The van der Waals surface area contributed by atoms with Crippen molar-refractivity contribution in [1.82, 2.24) is 4.98 Å². The Labute approximate surface area is 160 Å². The number of alkyl halides is 5. The van der Waals surface area contributed by atoms with Crippen LogP contribution < -0.4 is 0 Å². The summed E-state index contributed by atoms with van der Waals surface area (Å²) in [5.41, 5.74) is -2.79. The maximum Gasteiger partial charge on any atom is 0.459 e. The van der Waals surface area contributed by atoms with Crippen molar-refractivity contribution in [2.24, 2.45) is 0 Å². The maximum absolute atomic E-state index is 14.3. The van der Waals surface area contributed by atoms with E-state index < -0.39 is 29.3 Å². The molecule has 3 rings (SSSR count). The Morgan fingerprint density at radius 1 is 1.04 bits per heavy atom. The van der Waals surface area contributed by atoms with Gasteiger partial charge in [-0.25, -0.2) is 9.78 Å². The zero-order valence-electron chi connectivity index (χ0n) is 14.2. The number of ether oxygens (including phenoxy) is 1. The Balaban J connectivity index is 2.55. The number of carbonyl (C=O) groups is 1. The number of pyridine rings is 1. The first-order valence-corrected chi connectivity index (χ1v) is 8.17. The average Bonchev–Trinajstić information content (AvgIpc) is 2.65. The molecule has 0 aliphatic rings. The first-order valence-electron chi connectivity index (χ1n) is 7.80. The number of nitrogens with zero attached hydrogens (tertiary/aromatic N) is 1. The summed E-state index contributed by atoms with van der Waals surface area (Å²) in [5, 5.41) is 0.332. The summed E-state index contributed by atoms with van der Waals surface area (Å²) >= 11 is 5.97. The molecular weight excluding hydrogens is 405 g/mol. The minimum absolute atomic E-state index is 0.140. The molecule has 3 nitrogen and oxygen atoms in total. The molecule has 0 amide bonds. The van der Waals surface area contributed by atoms with Crippen LogP contribution in [0.3, 0.4) is 0 Å². The van der Waals surface area contributed by atoms with Crippen LogP contribution in [0.1, 0.15) is 16.1 Å². The predicted molar refractivity (Wildman–Crippen MR) is 93.5 cm³/mol. The molecule has 0 saturated carbocycles. The second-order valence-electron chi connectivity index (χ2n) is 5.80. The number of rotatable bonds is 3. The van der Waals surface area contributed by atoms with Crippen LogP contribution in [-0.4, -0.2) is 24.2 Å². The summed E-state index contributed by atoms with van der Waals surface area (Å²) in [6.45, 7) is 0. The highest BCUT2D eigenvalue weighted by atomic mass is 35.5. The molecule has 0 aliphatic heterocycles. The van der Waals surface area contributed by atoms with Crippen LogP contribution in [0.15, 0.2) is 48.5 Å². The van der Waals surface area contributed by atoms with E-state index in [0.717, 1.165) is 7.11 Å². The Hall–Kier alpha value is -2.74. The topological polar surface area (TPSA) is 39.2 Å². The molecule has 0 radical (unpaired) electrons. The molecule has 146 valence electrons. The van der Waals surface area contributed by atoms with Crippen molar-refractivity contribution in [3.63, 3.8) is 0 Å². The van der Waals surface area contributed by atoms with Crippen molar-refractivity contribution in [2.45, 2.75) is 12.1 Å². The molecule has 0 spiro atoms. The molecule has 0 saturated heterocycles. The second-order valence-corrected chi connectivity index (χ2v) is 6.24. The first-order chi connectivity index (χ1) is 13.1. The average molecular weight is 416 g/mol. The van der Waals surface area contributed by atoms with E-state index in [9.17, 15) is 26.7 Å². The summed E-state index contributed by atoms with van der Waals surface area (Å²) in [7, 11) is 0.884. The lowest BCUT2D eigenvalue weighted by Gasteiger charge is -2.23. The van der Waals surface area contributed by atoms with Gasteiger partial charge in [0.1, 0.15) is 5.69 Å². The van der Waals surface area contributed by atoms with Crippen molar-refractivity contribution in [2.75, 3.05) is 7.11 Å². The summed E-state index contributed by atoms with van der Waals surface area (Å²) in [6.07, 6.45) is -5.96. The van der Waals surface area contributed by atoms with Crippen LogP contribution in [0, 0.1) is 0 Å². The van der Waals surface area contributed by atoms with E-state index in [4.69, 9.17) is 11.6 Å². The Morgan fingerprint density at radius 3 is 2.25 bits per heavy atom. The van der Waals surface area contributed by atoms with Gasteiger partial charge in [-0.2, -0.15) is 22.0 Å². The predicted octanol–water partition coefficient (Wildman–Crippen LogP) is 6.00. The monoisotopic (exact) mass is 415 g/mol. The molecule has 0 N–H and O–H groups in total. The van der Waals surface area contributed by atoms with Gasteiger partial charge in [0, 0.05) is 16.0 Å². The van der Waals surface area contributed by atoms with E-state index in [1.807, 2.05) is 0 Å². The molecule has 1 aromatic heterocycles. The largest absolute Gasteiger partial charge is 0.465 e. The van der Waals surface area contributed by atoms with E-state index in [1.54, 1.807) is 18.2 Å². The number of aromatic nitrogens is 1. The number of methoxy groups -OCH3 is 1. The lowest BCUT2D eigenvalue weighted by Crippen LogP contribution is -2.36. The standard InChI is InChI=1S/C19H11ClF5NO2/c1-28-17(27)15-14(10-5-3-2-4-6-10)12-9-11(20)7-8-13(12)26-16(15)18(21,22)19(23,24)25/h2-9H,1H3. The summed E-state index contributed by atoms with van der Waals surface area (Å²) < 4.78 is 72.4. The lowest BCUT2D eigenvalue weighted by molar-refractivity contribution is -0.291. The Bertz CT molecular complexity index is 1050. The molecule has 0 atom stereocenters. The normalized spacial score (nSPS) is 12.2. The third-order valence-corrected chi connectivity index (χ3v) is 4.29. The summed E-state index contributed by atoms with van der Waals surface area (Å²) in [6, 6.07) is 11.5. The number of hydrogen-bond acceptors (Lipinski definition) is 3. The fraction of sp³-hybridized carbons (Fsp3) is 0.158. The maximum atomic E-state index is 14.3. The van der Waals surface area contributed by atoms with Gasteiger partial charge in [0.25, 0.3) is 0 Å². The van der Waals surface area contributed by atoms with Gasteiger partial charge in [-0.05, 0) is 23.8 Å². The zero-order chi connectivity index (χ0) is 20.7. The van der Waals surface area contributed by atoms with Crippen LogP contribution in [0.2, 0.25) is 5.02 Å². The van der Waals surface area contributed by atoms with Crippen LogP contribution in [0.4, 0.5) is 22.0 Å². The number of carbonyl (C=O) groups excluding carboxylic acids is 1.